The molecule has 0 saturated carbocycles. The van der Waals surface area contributed by atoms with E-state index in [0.717, 1.165) is 31.5 Å². The molecule has 1 atom stereocenters. The molecule has 5 nitrogen and oxygen atoms in total. The van der Waals surface area contributed by atoms with E-state index in [1.54, 1.807) is 0 Å². The third-order valence-electron chi connectivity index (χ3n) is 2.79. The van der Waals surface area contributed by atoms with Crippen molar-refractivity contribution in [3.63, 3.8) is 0 Å². The monoisotopic (exact) mass is 218 g/mol. The minimum absolute atomic E-state index is 0.309. The maximum absolute atomic E-state index is 5.52. The third-order valence-corrected chi connectivity index (χ3v) is 2.79. The van der Waals surface area contributed by atoms with Crippen molar-refractivity contribution in [2.75, 3.05) is 18.5 Å². The smallest absolute Gasteiger partial charge is 0.241 e. The number of hydrogen-bond donors (Lipinski definition) is 1. The van der Waals surface area contributed by atoms with Crippen LogP contribution in [0.2, 0.25) is 0 Å². The molecule has 1 fully saturated rings. The highest BCUT2D eigenvalue weighted by Crippen LogP contribution is 2.12. The summed E-state index contributed by atoms with van der Waals surface area (Å²) < 4.78 is 7.33. The van der Waals surface area contributed by atoms with Crippen LogP contribution in [0.1, 0.15) is 12.8 Å². The molecule has 1 saturated heterocycles. The van der Waals surface area contributed by atoms with Gasteiger partial charge in [-0.3, -0.25) is 0 Å². The molecular formula is C11H14N4O. The van der Waals surface area contributed by atoms with Crippen molar-refractivity contribution in [3.8, 4) is 0 Å². The van der Waals surface area contributed by atoms with Gasteiger partial charge in [-0.25, -0.2) is 9.50 Å². The van der Waals surface area contributed by atoms with Crippen LogP contribution in [0, 0.1) is 0 Å². The predicted molar refractivity (Wildman–Crippen MR) is 60.5 cm³/mol. The molecule has 16 heavy (non-hydrogen) atoms. The number of fused-ring (bicyclic) bond motifs is 1. The Labute approximate surface area is 93.4 Å². The van der Waals surface area contributed by atoms with Crippen LogP contribution in [0.15, 0.2) is 24.5 Å². The second-order valence-electron chi connectivity index (χ2n) is 3.98. The second kappa shape index (κ2) is 4.09. The minimum Gasteiger partial charge on any atom is -0.376 e. The lowest BCUT2D eigenvalue weighted by Gasteiger charge is -2.10. The number of nitrogens with one attached hydrogen (secondary N) is 1. The highest BCUT2D eigenvalue weighted by Gasteiger charge is 2.15. The summed E-state index contributed by atoms with van der Waals surface area (Å²) in [6.45, 7) is 1.66. The van der Waals surface area contributed by atoms with E-state index in [-0.39, 0.29) is 0 Å². The fourth-order valence-corrected chi connectivity index (χ4v) is 1.93. The fraction of sp³-hybridized carbons (Fsp3) is 0.455. The van der Waals surface area contributed by atoms with Gasteiger partial charge in [-0.1, -0.05) is 0 Å². The molecule has 3 rings (SSSR count). The first-order valence-corrected chi connectivity index (χ1v) is 5.58. The summed E-state index contributed by atoms with van der Waals surface area (Å²) in [4.78, 5) is 4.24. The lowest BCUT2D eigenvalue weighted by atomic mass is 10.2. The van der Waals surface area contributed by atoms with E-state index in [4.69, 9.17) is 4.74 Å². The molecule has 5 heteroatoms. The lowest BCUT2D eigenvalue weighted by molar-refractivity contribution is 0.120. The molecule has 0 bridgehead atoms. The molecule has 0 radical (unpaired) electrons. The van der Waals surface area contributed by atoms with E-state index in [9.17, 15) is 0 Å². The molecule has 1 N–H and O–H groups in total. The SMILES string of the molecule is c1cc2cnc(NCC3CCCO3)nn2c1. The van der Waals surface area contributed by atoms with Gasteiger partial charge in [-0.05, 0) is 25.0 Å². The molecule has 1 unspecified atom stereocenters. The van der Waals surface area contributed by atoms with Gasteiger partial charge in [0.05, 0.1) is 17.8 Å². The number of nitrogens with zero attached hydrogens (tertiary/aromatic N) is 3. The van der Waals surface area contributed by atoms with Crippen molar-refractivity contribution in [2.24, 2.45) is 0 Å². The van der Waals surface area contributed by atoms with Gasteiger partial charge in [0, 0.05) is 19.3 Å². The van der Waals surface area contributed by atoms with Gasteiger partial charge in [0.1, 0.15) is 0 Å². The van der Waals surface area contributed by atoms with Crippen LogP contribution < -0.4 is 5.32 Å². The Bertz CT molecular complexity index is 476. The van der Waals surface area contributed by atoms with Crippen molar-refractivity contribution in [1.82, 2.24) is 14.6 Å². The van der Waals surface area contributed by atoms with E-state index >= 15 is 0 Å². The van der Waals surface area contributed by atoms with Crippen LogP contribution in [0.5, 0.6) is 0 Å². The molecule has 0 aliphatic carbocycles. The molecule has 1 aliphatic heterocycles. The molecule has 2 aromatic rings. The number of ether oxygens (including phenoxy) is 1. The summed E-state index contributed by atoms with van der Waals surface area (Å²) in [6, 6.07) is 3.93. The molecule has 2 aromatic heterocycles. The van der Waals surface area contributed by atoms with Crippen LogP contribution in [0.25, 0.3) is 5.52 Å². The Morgan fingerprint density at radius 3 is 3.44 bits per heavy atom. The normalized spacial score (nSPS) is 20.4. The van der Waals surface area contributed by atoms with Gasteiger partial charge in [0.2, 0.25) is 5.95 Å². The molecule has 3 heterocycles. The van der Waals surface area contributed by atoms with Crippen LogP contribution in [0.4, 0.5) is 5.95 Å². The summed E-state index contributed by atoms with van der Waals surface area (Å²) in [6.07, 6.45) is 6.31. The van der Waals surface area contributed by atoms with Crippen molar-refractivity contribution in [2.45, 2.75) is 18.9 Å². The van der Waals surface area contributed by atoms with Gasteiger partial charge in [-0.15, -0.1) is 5.10 Å². The van der Waals surface area contributed by atoms with Crippen LogP contribution in [-0.2, 0) is 4.74 Å². The third kappa shape index (κ3) is 1.86. The van der Waals surface area contributed by atoms with Crippen molar-refractivity contribution < 1.29 is 4.74 Å². The zero-order chi connectivity index (χ0) is 10.8. The van der Waals surface area contributed by atoms with Crippen molar-refractivity contribution >= 4 is 11.5 Å². The zero-order valence-corrected chi connectivity index (χ0v) is 8.97. The number of rotatable bonds is 3. The summed E-state index contributed by atoms with van der Waals surface area (Å²) in [5.74, 6) is 0.652. The van der Waals surface area contributed by atoms with E-state index in [1.807, 2.05) is 29.0 Å². The Kier molecular flexibility index (Phi) is 2.46. The van der Waals surface area contributed by atoms with Crippen LogP contribution in [-0.4, -0.2) is 33.9 Å². The highest BCUT2D eigenvalue weighted by molar-refractivity contribution is 5.45. The Balaban J connectivity index is 1.68. The average Bonchev–Trinajstić information content (AvgIpc) is 2.97. The van der Waals surface area contributed by atoms with Crippen LogP contribution in [0.3, 0.4) is 0 Å². The van der Waals surface area contributed by atoms with Gasteiger partial charge < -0.3 is 10.1 Å². The first kappa shape index (κ1) is 9.59. The largest absolute Gasteiger partial charge is 0.376 e. The Morgan fingerprint density at radius 2 is 2.56 bits per heavy atom. The highest BCUT2D eigenvalue weighted by atomic mass is 16.5. The predicted octanol–water partition coefficient (Wildman–Crippen LogP) is 1.32. The van der Waals surface area contributed by atoms with Crippen molar-refractivity contribution in [1.29, 1.82) is 0 Å². The molecule has 0 amide bonds. The summed E-state index contributed by atoms with van der Waals surface area (Å²) in [5.41, 5.74) is 1.00. The molecule has 1 aliphatic rings. The quantitative estimate of drug-likeness (QED) is 0.844. The Hall–Kier alpha value is -1.62. The molecular weight excluding hydrogens is 204 g/mol. The minimum atomic E-state index is 0.309. The standard InChI is InChI=1S/C11H14N4O/c1-3-9-7-12-11(14-15(9)5-1)13-8-10-4-2-6-16-10/h1,3,5,7,10H,2,4,6,8H2,(H,13,14). The number of aromatic nitrogens is 3. The lowest BCUT2D eigenvalue weighted by Crippen LogP contribution is -2.20. The van der Waals surface area contributed by atoms with Gasteiger partial charge in [0.15, 0.2) is 0 Å². The Morgan fingerprint density at radius 1 is 1.56 bits per heavy atom. The number of anilines is 1. The maximum atomic E-state index is 5.52. The summed E-state index contributed by atoms with van der Waals surface area (Å²) in [5, 5.41) is 7.54. The first-order valence-electron chi connectivity index (χ1n) is 5.58. The second-order valence-corrected chi connectivity index (χ2v) is 3.98. The van der Waals surface area contributed by atoms with Crippen molar-refractivity contribution in [3.05, 3.63) is 24.5 Å². The molecule has 0 spiro atoms. The van der Waals surface area contributed by atoms with Crippen LogP contribution >= 0.6 is 0 Å². The van der Waals surface area contributed by atoms with E-state index in [0.29, 0.717) is 12.1 Å². The van der Waals surface area contributed by atoms with Gasteiger partial charge in [-0.2, -0.15) is 0 Å². The van der Waals surface area contributed by atoms with E-state index in [1.165, 1.54) is 0 Å². The van der Waals surface area contributed by atoms with E-state index in [2.05, 4.69) is 15.4 Å². The topological polar surface area (TPSA) is 51.5 Å². The summed E-state index contributed by atoms with van der Waals surface area (Å²) >= 11 is 0. The maximum Gasteiger partial charge on any atom is 0.241 e. The zero-order valence-electron chi connectivity index (χ0n) is 8.97. The number of hydrogen-bond acceptors (Lipinski definition) is 4. The molecule has 84 valence electrons. The van der Waals surface area contributed by atoms with Gasteiger partial charge in [0.25, 0.3) is 0 Å². The molecule has 0 aromatic carbocycles. The first-order chi connectivity index (χ1) is 7.92. The average molecular weight is 218 g/mol. The summed E-state index contributed by atoms with van der Waals surface area (Å²) in [7, 11) is 0. The van der Waals surface area contributed by atoms with Gasteiger partial charge >= 0.3 is 0 Å². The van der Waals surface area contributed by atoms with E-state index < -0.39 is 0 Å². The fourth-order valence-electron chi connectivity index (χ4n) is 1.93.